The third-order valence-corrected chi connectivity index (χ3v) is 3.98. The van der Waals surface area contributed by atoms with E-state index in [1.165, 1.54) is 0 Å². The van der Waals surface area contributed by atoms with Crippen LogP contribution in [0.15, 0.2) is 53.0 Å². The molecule has 0 saturated carbocycles. The van der Waals surface area contributed by atoms with Gasteiger partial charge in [0, 0.05) is 10.9 Å². The van der Waals surface area contributed by atoms with Gasteiger partial charge in [-0.2, -0.15) is 0 Å². The molecule has 2 aromatic carbocycles. The molecule has 2 rings (SSSR count). The molecule has 0 fully saturated rings. The van der Waals surface area contributed by atoms with E-state index >= 15 is 0 Å². The minimum atomic E-state index is -0.409. The predicted molar refractivity (Wildman–Crippen MR) is 95.0 cm³/mol. The predicted octanol–water partition coefficient (Wildman–Crippen LogP) is 3.57. The molecule has 0 radical (unpaired) electrons. The number of ether oxygens (including phenoxy) is 2. The highest BCUT2D eigenvalue weighted by atomic mass is 79.9. The first-order valence-electron chi connectivity index (χ1n) is 7.41. The van der Waals surface area contributed by atoms with Gasteiger partial charge in [0.25, 0.3) is 5.91 Å². The number of esters is 1. The first-order chi connectivity index (χ1) is 11.6. The van der Waals surface area contributed by atoms with Gasteiger partial charge in [-0.05, 0) is 52.2 Å². The third kappa shape index (κ3) is 5.70. The molecule has 1 N–H and O–H groups in total. The maximum Gasteiger partial charge on any atom is 0.306 e. The van der Waals surface area contributed by atoms with Gasteiger partial charge in [-0.25, -0.2) is 0 Å². The second-order valence-corrected chi connectivity index (χ2v) is 5.89. The minimum absolute atomic E-state index is 0.217. The Bertz CT molecular complexity index is 700. The first-order valence-corrected chi connectivity index (χ1v) is 8.20. The van der Waals surface area contributed by atoms with Crippen molar-refractivity contribution in [3.05, 3.63) is 58.6 Å². The van der Waals surface area contributed by atoms with Crippen LogP contribution in [0.5, 0.6) is 5.75 Å². The topological polar surface area (TPSA) is 64.6 Å². The normalized spacial score (nSPS) is 10.1. The molecule has 2 aromatic rings. The second-order valence-electron chi connectivity index (χ2n) is 5.04. The number of halogens is 1. The quantitative estimate of drug-likeness (QED) is 0.732. The van der Waals surface area contributed by atoms with Crippen LogP contribution in [0.1, 0.15) is 12.0 Å². The average Bonchev–Trinajstić information content (AvgIpc) is 2.60. The Balaban J connectivity index is 1.72. The number of carbonyl (C=O) groups excluding carboxylic acids is 2. The van der Waals surface area contributed by atoms with Crippen LogP contribution in [-0.2, 0) is 20.7 Å². The molecular formula is C18H18BrNO4. The van der Waals surface area contributed by atoms with Crippen molar-refractivity contribution in [1.82, 2.24) is 0 Å². The maximum absolute atomic E-state index is 11.8. The fourth-order valence-corrected chi connectivity index (χ4v) is 2.39. The summed E-state index contributed by atoms with van der Waals surface area (Å²) in [5.74, 6) is -0.0159. The summed E-state index contributed by atoms with van der Waals surface area (Å²) in [7, 11) is 1.60. The number of anilines is 1. The summed E-state index contributed by atoms with van der Waals surface area (Å²) in [6.07, 6.45) is 0.767. The van der Waals surface area contributed by atoms with Crippen LogP contribution in [0.2, 0.25) is 0 Å². The monoisotopic (exact) mass is 391 g/mol. The zero-order valence-corrected chi connectivity index (χ0v) is 14.8. The van der Waals surface area contributed by atoms with Gasteiger partial charge in [-0.1, -0.05) is 24.3 Å². The van der Waals surface area contributed by atoms with Crippen molar-refractivity contribution in [3.63, 3.8) is 0 Å². The number of carbonyl (C=O) groups is 2. The molecule has 1 amide bonds. The molecule has 5 nitrogen and oxygen atoms in total. The lowest BCUT2D eigenvalue weighted by Gasteiger charge is -2.08. The highest BCUT2D eigenvalue weighted by molar-refractivity contribution is 9.10. The highest BCUT2D eigenvalue weighted by Crippen LogP contribution is 2.21. The van der Waals surface area contributed by atoms with Crippen LogP contribution < -0.4 is 10.1 Å². The largest absolute Gasteiger partial charge is 0.497 e. The summed E-state index contributed by atoms with van der Waals surface area (Å²) < 4.78 is 10.8. The van der Waals surface area contributed by atoms with Crippen molar-refractivity contribution in [3.8, 4) is 5.75 Å². The Kier molecular flexibility index (Phi) is 6.81. The van der Waals surface area contributed by atoms with Crippen molar-refractivity contribution in [2.24, 2.45) is 0 Å². The number of hydrogen-bond donors (Lipinski definition) is 1. The zero-order valence-electron chi connectivity index (χ0n) is 13.3. The fraction of sp³-hybridized carbons (Fsp3) is 0.222. The van der Waals surface area contributed by atoms with Gasteiger partial charge in [0.1, 0.15) is 5.75 Å². The number of benzene rings is 2. The SMILES string of the molecule is COc1ccc(CCC(=O)OCC(=O)Nc2ccccc2Br)cc1. The molecule has 0 aromatic heterocycles. The van der Waals surface area contributed by atoms with E-state index in [-0.39, 0.29) is 18.9 Å². The van der Waals surface area contributed by atoms with E-state index in [1.807, 2.05) is 36.4 Å². The lowest BCUT2D eigenvalue weighted by molar-refractivity contribution is -0.147. The molecule has 0 aliphatic heterocycles. The Labute approximate surface area is 149 Å². The molecule has 0 bridgehead atoms. The zero-order chi connectivity index (χ0) is 17.4. The summed E-state index contributed by atoms with van der Waals surface area (Å²) in [6.45, 7) is -0.303. The van der Waals surface area contributed by atoms with E-state index < -0.39 is 5.97 Å². The van der Waals surface area contributed by atoms with Crippen LogP contribution in [-0.4, -0.2) is 25.6 Å². The van der Waals surface area contributed by atoms with Gasteiger partial charge in [-0.3, -0.25) is 9.59 Å². The second kappa shape index (κ2) is 9.08. The van der Waals surface area contributed by atoms with Gasteiger partial charge in [0.15, 0.2) is 6.61 Å². The minimum Gasteiger partial charge on any atom is -0.497 e. The van der Waals surface area contributed by atoms with Crippen LogP contribution in [0.3, 0.4) is 0 Å². The number of amides is 1. The average molecular weight is 392 g/mol. The summed E-state index contributed by atoms with van der Waals surface area (Å²) in [6, 6.07) is 14.7. The van der Waals surface area contributed by atoms with Crippen LogP contribution in [0.25, 0.3) is 0 Å². The van der Waals surface area contributed by atoms with E-state index in [2.05, 4.69) is 21.2 Å². The van der Waals surface area contributed by atoms with E-state index in [4.69, 9.17) is 9.47 Å². The number of para-hydroxylation sites is 1. The number of hydrogen-bond acceptors (Lipinski definition) is 4. The lowest BCUT2D eigenvalue weighted by atomic mass is 10.1. The molecule has 0 spiro atoms. The first kappa shape index (κ1) is 18.0. The molecule has 0 aliphatic rings. The van der Waals surface area contributed by atoms with Crippen LogP contribution in [0.4, 0.5) is 5.69 Å². The molecule has 24 heavy (non-hydrogen) atoms. The summed E-state index contributed by atoms with van der Waals surface area (Å²) in [5, 5.41) is 2.68. The Hall–Kier alpha value is -2.34. The molecule has 0 saturated heterocycles. The van der Waals surface area contributed by atoms with Crippen molar-refractivity contribution < 1.29 is 19.1 Å². The summed E-state index contributed by atoms with van der Waals surface area (Å²) in [5.41, 5.74) is 1.64. The number of nitrogens with one attached hydrogen (secondary N) is 1. The Morgan fingerprint density at radius 2 is 1.79 bits per heavy atom. The third-order valence-electron chi connectivity index (χ3n) is 3.29. The van der Waals surface area contributed by atoms with Gasteiger partial charge in [-0.15, -0.1) is 0 Å². The highest BCUT2D eigenvalue weighted by Gasteiger charge is 2.09. The van der Waals surface area contributed by atoms with E-state index in [0.29, 0.717) is 12.1 Å². The van der Waals surface area contributed by atoms with Crippen molar-refractivity contribution in [1.29, 1.82) is 0 Å². The Morgan fingerprint density at radius 3 is 2.46 bits per heavy atom. The van der Waals surface area contributed by atoms with Crippen molar-refractivity contribution in [2.45, 2.75) is 12.8 Å². The smallest absolute Gasteiger partial charge is 0.306 e. The molecule has 0 heterocycles. The van der Waals surface area contributed by atoms with E-state index in [0.717, 1.165) is 15.8 Å². The molecule has 0 aliphatic carbocycles. The van der Waals surface area contributed by atoms with E-state index in [1.54, 1.807) is 19.2 Å². The number of aryl methyl sites for hydroxylation is 1. The molecule has 0 atom stereocenters. The number of methoxy groups -OCH3 is 1. The van der Waals surface area contributed by atoms with Gasteiger partial charge >= 0.3 is 5.97 Å². The molecule has 126 valence electrons. The number of rotatable bonds is 7. The van der Waals surface area contributed by atoms with Gasteiger partial charge in [0.2, 0.25) is 0 Å². The summed E-state index contributed by atoms with van der Waals surface area (Å²) in [4.78, 5) is 23.5. The van der Waals surface area contributed by atoms with Crippen molar-refractivity contribution in [2.75, 3.05) is 19.0 Å². The molecular weight excluding hydrogens is 374 g/mol. The lowest BCUT2D eigenvalue weighted by Crippen LogP contribution is -2.21. The van der Waals surface area contributed by atoms with Gasteiger partial charge in [0.05, 0.1) is 12.8 Å². The fourth-order valence-electron chi connectivity index (χ4n) is 2.01. The van der Waals surface area contributed by atoms with E-state index in [9.17, 15) is 9.59 Å². The maximum atomic E-state index is 11.8. The van der Waals surface area contributed by atoms with Crippen molar-refractivity contribution >= 4 is 33.5 Å². The summed E-state index contributed by atoms with van der Waals surface area (Å²) >= 11 is 3.33. The van der Waals surface area contributed by atoms with Crippen LogP contribution in [0, 0.1) is 0 Å². The van der Waals surface area contributed by atoms with Gasteiger partial charge < -0.3 is 14.8 Å². The Morgan fingerprint density at radius 1 is 1.08 bits per heavy atom. The molecule has 0 unspecified atom stereocenters. The molecule has 6 heteroatoms. The standard InChI is InChI=1S/C18H18BrNO4/c1-23-14-9-6-13(7-10-14)8-11-18(22)24-12-17(21)20-16-5-3-2-4-15(16)19/h2-7,9-10H,8,11-12H2,1H3,(H,20,21). The van der Waals surface area contributed by atoms with Crippen LogP contribution >= 0.6 is 15.9 Å².